The number of hydrogen-bond acceptors (Lipinski definition) is 5. The van der Waals surface area contributed by atoms with Gasteiger partial charge in [-0.15, -0.1) is 0 Å². The molecule has 4 nitrogen and oxygen atoms in total. The van der Waals surface area contributed by atoms with Gasteiger partial charge in [0, 0.05) is 6.61 Å². The second-order valence-corrected chi connectivity index (χ2v) is 7.07. The minimum atomic E-state index is 0.0709. The minimum absolute atomic E-state index is 0.0709. The molecule has 0 amide bonds. The molecule has 24 heavy (non-hydrogen) atoms. The van der Waals surface area contributed by atoms with Gasteiger partial charge in [-0.25, -0.2) is 0 Å². The molecule has 5 heteroatoms. The van der Waals surface area contributed by atoms with Crippen LogP contribution in [0.1, 0.15) is 64.2 Å². The quantitative estimate of drug-likeness (QED) is 0.308. The first-order chi connectivity index (χ1) is 11.9. The number of thioether (sulfide) groups is 1. The van der Waals surface area contributed by atoms with Gasteiger partial charge in [-0.05, 0) is 24.9 Å². The smallest absolute Gasteiger partial charge is 0.0701 e. The van der Waals surface area contributed by atoms with Gasteiger partial charge in [0.15, 0.2) is 0 Å². The molecule has 0 rings (SSSR count). The summed E-state index contributed by atoms with van der Waals surface area (Å²) >= 11 is 1.96. The average molecular weight is 365 g/mol. The van der Waals surface area contributed by atoms with Crippen molar-refractivity contribution in [2.24, 2.45) is 0 Å². The van der Waals surface area contributed by atoms with Gasteiger partial charge < -0.3 is 19.3 Å². The molecular formula is C19H40O4S. The number of unbranched alkanes of at least 4 members (excludes halogenated alkanes) is 9. The molecular weight excluding hydrogens is 324 g/mol. The van der Waals surface area contributed by atoms with Crippen LogP contribution < -0.4 is 0 Å². The lowest BCUT2D eigenvalue weighted by atomic mass is 10.1. The second kappa shape index (κ2) is 23.2. The number of rotatable bonds is 21. The van der Waals surface area contributed by atoms with Gasteiger partial charge in [0.05, 0.1) is 39.6 Å². The van der Waals surface area contributed by atoms with Crippen LogP contribution in [0, 0.1) is 0 Å². The fraction of sp³-hybridized carbons (Fsp3) is 1.00. The van der Waals surface area contributed by atoms with Crippen molar-refractivity contribution >= 4 is 11.8 Å². The molecule has 0 bridgehead atoms. The first kappa shape index (κ1) is 24.2. The van der Waals surface area contributed by atoms with Gasteiger partial charge in [-0.2, -0.15) is 11.8 Å². The Morgan fingerprint density at radius 1 is 0.542 bits per heavy atom. The van der Waals surface area contributed by atoms with Crippen molar-refractivity contribution in [1.29, 1.82) is 0 Å². The molecule has 0 aromatic heterocycles. The van der Waals surface area contributed by atoms with Crippen LogP contribution in [0.15, 0.2) is 0 Å². The van der Waals surface area contributed by atoms with Gasteiger partial charge in [-0.1, -0.05) is 51.4 Å². The molecule has 0 saturated heterocycles. The molecule has 0 saturated carbocycles. The van der Waals surface area contributed by atoms with Gasteiger partial charge in [0.2, 0.25) is 0 Å². The van der Waals surface area contributed by atoms with E-state index in [-0.39, 0.29) is 6.61 Å². The van der Waals surface area contributed by atoms with E-state index in [1.54, 1.807) is 0 Å². The Kier molecular flexibility index (Phi) is 23.4. The van der Waals surface area contributed by atoms with E-state index in [0.29, 0.717) is 33.0 Å². The normalized spacial score (nSPS) is 11.2. The third-order valence-corrected chi connectivity index (χ3v) is 4.56. The first-order valence-electron chi connectivity index (χ1n) is 9.75. The predicted molar refractivity (Wildman–Crippen MR) is 104 cm³/mol. The molecule has 146 valence electrons. The Morgan fingerprint density at radius 3 is 1.46 bits per heavy atom. The summed E-state index contributed by atoms with van der Waals surface area (Å²) in [5.74, 6) is 1.33. The van der Waals surface area contributed by atoms with Crippen LogP contribution in [0.3, 0.4) is 0 Å². The fourth-order valence-corrected chi connectivity index (χ4v) is 2.96. The summed E-state index contributed by atoms with van der Waals surface area (Å²) in [6, 6.07) is 0. The summed E-state index contributed by atoms with van der Waals surface area (Å²) in [7, 11) is 0. The maximum atomic E-state index is 8.53. The highest BCUT2D eigenvalue weighted by atomic mass is 32.2. The highest BCUT2D eigenvalue weighted by Crippen LogP contribution is 2.11. The number of aliphatic hydroxyl groups excluding tert-OH is 1. The van der Waals surface area contributed by atoms with Gasteiger partial charge in [0.25, 0.3) is 0 Å². The molecule has 0 aliphatic heterocycles. The first-order valence-corrected chi connectivity index (χ1v) is 11.1. The zero-order valence-corrected chi connectivity index (χ0v) is 16.6. The third-order valence-electron chi connectivity index (χ3n) is 3.87. The van der Waals surface area contributed by atoms with E-state index in [2.05, 4.69) is 6.26 Å². The van der Waals surface area contributed by atoms with E-state index in [0.717, 1.165) is 13.0 Å². The molecule has 0 atom stereocenters. The SMILES string of the molecule is CSCCCCCCCCCCCCOCCOCCOCCO. The topological polar surface area (TPSA) is 47.9 Å². The van der Waals surface area contributed by atoms with Crippen molar-refractivity contribution in [1.82, 2.24) is 0 Å². The van der Waals surface area contributed by atoms with Crippen LogP contribution in [-0.4, -0.2) is 63.4 Å². The number of ether oxygens (including phenoxy) is 3. The summed E-state index contributed by atoms with van der Waals surface area (Å²) in [5, 5.41) is 8.53. The van der Waals surface area contributed by atoms with Crippen LogP contribution >= 0.6 is 11.8 Å². The summed E-state index contributed by atoms with van der Waals surface area (Å²) in [6.07, 6.45) is 15.8. The van der Waals surface area contributed by atoms with Crippen molar-refractivity contribution in [2.45, 2.75) is 64.2 Å². The summed E-state index contributed by atoms with van der Waals surface area (Å²) in [5.41, 5.74) is 0. The molecule has 1 N–H and O–H groups in total. The number of hydrogen-bond donors (Lipinski definition) is 1. The van der Waals surface area contributed by atoms with Crippen molar-refractivity contribution < 1.29 is 19.3 Å². The Morgan fingerprint density at radius 2 is 0.958 bits per heavy atom. The fourth-order valence-electron chi connectivity index (χ4n) is 2.47. The molecule has 0 aliphatic carbocycles. The van der Waals surface area contributed by atoms with Crippen molar-refractivity contribution in [3.8, 4) is 0 Å². The lowest BCUT2D eigenvalue weighted by Crippen LogP contribution is -2.11. The largest absolute Gasteiger partial charge is 0.394 e. The van der Waals surface area contributed by atoms with Crippen LogP contribution in [-0.2, 0) is 14.2 Å². The lowest BCUT2D eigenvalue weighted by molar-refractivity contribution is 0.00719. The molecule has 0 aliphatic rings. The summed E-state index contributed by atoms with van der Waals surface area (Å²) in [4.78, 5) is 0. The zero-order chi connectivity index (χ0) is 17.6. The van der Waals surface area contributed by atoms with E-state index >= 15 is 0 Å². The highest BCUT2D eigenvalue weighted by molar-refractivity contribution is 7.98. The zero-order valence-electron chi connectivity index (χ0n) is 15.8. The van der Waals surface area contributed by atoms with Crippen molar-refractivity contribution in [3.63, 3.8) is 0 Å². The molecule has 0 aromatic rings. The number of aliphatic hydroxyl groups is 1. The van der Waals surface area contributed by atoms with Crippen LogP contribution in [0.25, 0.3) is 0 Å². The predicted octanol–water partition coefficient (Wildman–Crippen LogP) is 4.29. The lowest BCUT2D eigenvalue weighted by Gasteiger charge is -2.06. The van der Waals surface area contributed by atoms with E-state index < -0.39 is 0 Å². The van der Waals surface area contributed by atoms with Crippen LogP contribution in [0.5, 0.6) is 0 Å². The van der Waals surface area contributed by atoms with E-state index in [1.807, 2.05) is 11.8 Å². The standard InChI is InChI=1S/C19H40O4S/c1-24-19-11-9-7-5-3-2-4-6-8-10-13-21-15-17-23-18-16-22-14-12-20/h20H,2-19H2,1H3. The Bertz CT molecular complexity index is 196. The van der Waals surface area contributed by atoms with E-state index in [4.69, 9.17) is 19.3 Å². The summed E-state index contributed by atoms with van der Waals surface area (Å²) < 4.78 is 16.0. The van der Waals surface area contributed by atoms with Crippen LogP contribution in [0.4, 0.5) is 0 Å². The highest BCUT2D eigenvalue weighted by Gasteiger charge is 1.94. The van der Waals surface area contributed by atoms with E-state index in [1.165, 1.54) is 63.5 Å². The van der Waals surface area contributed by atoms with Crippen LogP contribution in [0.2, 0.25) is 0 Å². The maximum absolute atomic E-state index is 8.53. The molecule has 0 unspecified atom stereocenters. The maximum Gasteiger partial charge on any atom is 0.0701 e. The molecule has 0 fully saturated rings. The van der Waals surface area contributed by atoms with Gasteiger partial charge in [-0.3, -0.25) is 0 Å². The van der Waals surface area contributed by atoms with Crippen molar-refractivity contribution in [2.75, 3.05) is 58.3 Å². The van der Waals surface area contributed by atoms with Gasteiger partial charge in [0.1, 0.15) is 0 Å². The Hall–Kier alpha value is 0.190. The molecule has 0 heterocycles. The molecule has 0 radical (unpaired) electrons. The minimum Gasteiger partial charge on any atom is -0.394 e. The van der Waals surface area contributed by atoms with Crippen molar-refractivity contribution in [3.05, 3.63) is 0 Å². The Balaban J connectivity index is 2.93. The summed E-state index contributed by atoms with van der Waals surface area (Å²) in [6.45, 7) is 3.70. The Labute approximate surface area is 154 Å². The second-order valence-electron chi connectivity index (χ2n) is 6.09. The molecule has 0 aromatic carbocycles. The van der Waals surface area contributed by atoms with E-state index in [9.17, 15) is 0 Å². The average Bonchev–Trinajstić information content (AvgIpc) is 2.60. The third kappa shape index (κ3) is 22.2. The molecule has 0 spiro atoms. The monoisotopic (exact) mass is 364 g/mol. The van der Waals surface area contributed by atoms with Gasteiger partial charge >= 0.3 is 0 Å².